The third kappa shape index (κ3) is 3.18. The predicted octanol–water partition coefficient (Wildman–Crippen LogP) is 3.23. The number of aromatic amines is 1. The van der Waals surface area contributed by atoms with Gasteiger partial charge in [0.15, 0.2) is 0 Å². The summed E-state index contributed by atoms with van der Waals surface area (Å²) in [6, 6.07) is 12.6. The van der Waals surface area contributed by atoms with Gasteiger partial charge < -0.3 is 15.2 Å². The van der Waals surface area contributed by atoms with Crippen molar-refractivity contribution in [2.24, 2.45) is 0 Å². The molecular formula is C21H20FN3O2. The Bertz CT molecular complexity index is 1080. The molecule has 4 rings (SSSR count). The van der Waals surface area contributed by atoms with Crippen molar-refractivity contribution in [1.29, 1.82) is 0 Å². The second-order valence-corrected chi connectivity index (χ2v) is 6.79. The number of hydrogen-bond donors (Lipinski definition) is 2. The molecule has 1 aliphatic rings. The topological polar surface area (TPSA) is 65.2 Å². The standard InChI is InChI=1S/C21H20FN3O2/c1-13-16-5-3-2-4-14(16)7-9-25(13)20(26)12-24-19-10-15-6-8-23-21(27)17(15)11-18(19)22/h2-6,8,10-11,13,24H,7,9,12H2,1H3,(H,23,27). The molecule has 0 aliphatic carbocycles. The third-order valence-electron chi connectivity index (χ3n) is 5.21. The van der Waals surface area contributed by atoms with E-state index in [0.717, 1.165) is 12.0 Å². The molecule has 5 nitrogen and oxygen atoms in total. The molecule has 1 unspecified atom stereocenters. The average Bonchev–Trinajstić information content (AvgIpc) is 2.67. The molecule has 2 heterocycles. The molecule has 0 spiro atoms. The van der Waals surface area contributed by atoms with Gasteiger partial charge in [-0.25, -0.2) is 4.39 Å². The quantitative estimate of drug-likeness (QED) is 0.749. The number of carbonyl (C=O) groups is 1. The molecule has 3 aromatic rings. The van der Waals surface area contributed by atoms with Crippen LogP contribution in [0.1, 0.15) is 24.1 Å². The Morgan fingerprint density at radius 1 is 1.30 bits per heavy atom. The number of carbonyl (C=O) groups excluding carboxylic acids is 1. The summed E-state index contributed by atoms with van der Waals surface area (Å²) in [7, 11) is 0. The molecule has 27 heavy (non-hydrogen) atoms. The van der Waals surface area contributed by atoms with Gasteiger partial charge in [0.1, 0.15) is 5.82 Å². The van der Waals surface area contributed by atoms with Crippen LogP contribution in [0.15, 0.2) is 53.5 Å². The summed E-state index contributed by atoms with van der Waals surface area (Å²) in [5.41, 5.74) is 2.31. The lowest BCUT2D eigenvalue weighted by molar-refractivity contribution is -0.131. The molecule has 0 fully saturated rings. The van der Waals surface area contributed by atoms with Gasteiger partial charge in [0.05, 0.1) is 23.7 Å². The summed E-state index contributed by atoms with van der Waals surface area (Å²) in [4.78, 5) is 28.8. The van der Waals surface area contributed by atoms with Gasteiger partial charge in [-0.1, -0.05) is 24.3 Å². The van der Waals surface area contributed by atoms with Crippen molar-refractivity contribution >= 4 is 22.4 Å². The average molecular weight is 365 g/mol. The van der Waals surface area contributed by atoms with Crippen LogP contribution in [0.2, 0.25) is 0 Å². The predicted molar refractivity (Wildman–Crippen MR) is 103 cm³/mol. The number of aromatic nitrogens is 1. The first-order chi connectivity index (χ1) is 13.0. The summed E-state index contributed by atoms with van der Waals surface area (Å²) in [5.74, 6) is -0.633. The van der Waals surface area contributed by atoms with E-state index in [2.05, 4.69) is 16.4 Å². The van der Waals surface area contributed by atoms with E-state index >= 15 is 0 Å². The molecule has 1 aliphatic heterocycles. The van der Waals surface area contributed by atoms with E-state index < -0.39 is 5.82 Å². The molecule has 0 saturated carbocycles. The Kier molecular flexibility index (Phi) is 4.39. The second kappa shape index (κ2) is 6.87. The molecule has 0 saturated heterocycles. The molecule has 2 aromatic carbocycles. The van der Waals surface area contributed by atoms with Crippen molar-refractivity contribution in [2.75, 3.05) is 18.4 Å². The molecule has 1 amide bonds. The fourth-order valence-corrected chi connectivity index (χ4v) is 3.73. The van der Waals surface area contributed by atoms with E-state index in [1.807, 2.05) is 30.0 Å². The summed E-state index contributed by atoms with van der Waals surface area (Å²) >= 11 is 0. The Morgan fingerprint density at radius 2 is 2.11 bits per heavy atom. The van der Waals surface area contributed by atoms with Crippen LogP contribution in [0.3, 0.4) is 0 Å². The Hall–Kier alpha value is -3.15. The minimum Gasteiger partial charge on any atom is -0.374 e. The fraction of sp³-hybridized carbons (Fsp3) is 0.238. The number of anilines is 1. The van der Waals surface area contributed by atoms with Crippen LogP contribution >= 0.6 is 0 Å². The maximum atomic E-state index is 14.3. The Morgan fingerprint density at radius 3 is 2.96 bits per heavy atom. The van der Waals surface area contributed by atoms with Crippen molar-refractivity contribution < 1.29 is 9.18 Å². The number of nitrogens with one attached hydrogen (secondary N) is 2. The first kappa shape index (κ1) is 17.3. The molecule has 2 N–H and O–H groups in total. The highest BCUT2D eigenvalue weighted by Crippen LogP contribution is 2.29. The van der Waals surface area contributed by atoms with Gasteiger partial charge in [0, 0.05) is 12.7 Å². The maximum absolute atomic E-state index is 14.3. The Labute approximate surface area is 155 Å². The highest BCUT2D eigenvalue weighted by atomic mass is 19.1. The molecule has 1 atom stereocenters. The third-order valence-corrected chi connectivity index (χ3v) is 5.21. The highest BCUT2D eigenvalue weighted by molar-refractivity contribution is 5.87. The van der Waals surface area contributed by atoms with E-state index in [4.69, 9.17) is 0 Å². The first-order valence-corrected chi connectivity index (χ1v) is 8.96. The van der Waals surface area contributed by atoms with Gasteiger partial charge in [-0.05, 0) is 48.1 Å². The van der Waals surface area contributed by atoms with E-state index in [-0.39, 0.29) is 35.1 Å². The lowest BCUT2D eigenvalue weighted by atomic mass is 9.93. The first-order valence-electron chi connectivity index (χ1n) is 8.96. The van der Waals surface area contributed by atoms with Crippen LogP contribution in [0.5, 0.6) is 0 Å². The number of halogens is 1. The number of rotatable bonds is 3. The normalized spacial score (nSPS) is 16.2. The highest BCUT2D eigenvalue weighted by Gasteiger charge is 2.27. The monoisotopic (exact) mass is 365 g/mol. The molecule has 0 radical (unpaired) electrons. The van der Waals surface area contributed by atoms with Crippen LogP contribution in [0, 0.1) is 5.82 Å². The summed E-state index contributed by atoms with van der Waals surface area (Å²) in [6.07, 6.45) is 2.34. The Balaban J connectivity index is 1.51. The van der Waals surface area contributed by atoms with Crippen LogP contribution in [0.25, 0.3) is 10.8 Å². The van der Waals surface area contributed by atoms with Crippen molar-refractivity contribution in [2.45, 2.75) is 19.4 Å². The largest absolute Gasteiger partial charge is 0.374 e. The molecular weight excluding hydrogens is 345 g/mol. The minimum atomic E-state index is -0.552. The molecule has 6 heteroatoms. The molecule has 1 aromatic heterocycles. The second-order valence-electron chi connectivity index (χ2n) is 6.79. The van der Waals surface area contributed by atoms with E-state index in [1.165, 1.54) is 17.8 Å². The van der Waals surface area contributed by atoms with Crippen molar-refractivity contribution in [3.05, 3.63) is 76.0 Å². The summed E-state index contributed by atoms with van der Waals surface area (Å²) in [5, 5.41) is 3.79. The van der Waals surface area contributed by atoms with E-state index in [0.29, 0.717) is 11.9 Å². The van der Waals surface area contributed by atoms with Crippen molar-refractivity contribution in [3.63, 3.8) is 0 Å². The number of fused-ring (bicyclic) bond motifs is 2. The molecule has 0 bridgehead atoms. The number of H-pyrrole nitrogens is 1. The van der Waals surface area contributed by atoms with Gasteiger partial charge in [-0.15, -0.1) is 0 Å². The number of amides is 1. The van der Waals surface area contributed by atoms with Crippen LogP contribution in [-0.2, 0) is 11.2 Å². The lowest BCUT2D eigenvalue weighted by Gasteiger charge is -2.35. The smallest absolute Gasteiger partial charge is 0.255 e. The zero-order valence-corrected chi connectivity index (χ0v) is 15.0. The van der Waals surface area contributed by atoms with Gasteiger partial charge in [-0.3, -0.25) is 9.59 Å². The number of nitrogens with zero attached hydrogens (tertiary/aromatic N) is 1. The zero-order valence-electron chi connectivity index (χ0n) is 15.0. The van der Waals surface area contributed by atoms with Crippen LogP contribution in [0.4, 0.5) is 10.1 Å². The number of benzene rings is 2. The molecule has 138 valence electrons. The van der Waals surface area contributed by atoms with Gasteiger partial charge in [0.25, 0.3) is 5.56 Å². The fourth-order valence-electron chi connectivity index (χ4n) is 3.73. The summed E-state index contributed by atoms with van der Waals surface area (Å²) in [6.45, 7) is 2.66. The van der Waals surface area contributed by atoms with Crippen molar-refractivity contribution in [3.8, 4) is 0 Å². The van der Waals surface area contributed by atoms with Crippen LogP contribution in [-0.4, -0.2) is 28.9 Å². The lowest BCUT2D eigenvalue weighted by Crippen LogP contribution is -2.41. The van der Waals surface area contributed by atoms with E-state index in [1.54, 1.807) is 12.1 Å². The van der Waals surface area contributed by atoms with E-state index in [9.17, 15) is 14.0 Å². The zero-order chi connectivity index (χ0) is 19.0. The SMILES string of the molecule is CC1c2ccccc2CCN1C(=O)CNc1cc2cc[nH]c(=O)c2cc1F. The van der Waals surface area contributed by atoms with Gasteiger partial charge >= 0.3 is 0 Å². The van der Waals surface area contributed by atoms with Crippen LogP contribution < -0.4 is 10.9 Å². The van der Waals surface area contributed by atoms with Crippen molar-refractivity contribution in [1.82, 2.24) is 9.88 Å². The number of pyridine rings is 1. The summed E-state index contributed by atoms with van der Waals surface area (Å²) < 4.78 is 14.3. The maximum Gasteiger partial charge on any atom is 0.255 e. The minimum absolute atomic E-state index is 0.00186. The van der Waals surface area contributed by atoms with Gasteiger partial charge in [0.2, 0.25) is 5.91 Å². The number of hydrogen-bond acceptors (Lipinski definition) is 3. The van der Waals surface area contributed by atoms with Gasteiger partial charge in [-0.2, -0.15) is 0 Å².